The fourth-order valence-electron chi connectivity index (χ4n) is 3.29. The van der Waals surface area contributed by atoms with Crippen LogP contribution in [0.25, 0.3) is 0 Å². The van der Waals surface area contributed by atoms with E-state index in [1.807, 2.05) is 0 Å². The Morgan fingerprint density at radius 2 is 2.14 bits per heavy atom. The molecule has 1 aromatic rings. The molecule has 1 aliphatic rings. The maximum atomic E-state index is 13.4. The van der Waals surface area contributed by atoms with E-state index in [0.29, 0.717) is 23.8 Å². The minimum absolute atomic E-state index is 0.0355. The molecule has 1 fully saturated rings. The first-order chi connectivity index (χ1) is 9.88. The van der Waals surface area contributed by atoms with Crippen LogP contribution in [0.3, 0.4) is 0 Å². The van der Waals surface area contributed by atoms with Crippen LogP contribution in [-0.4, -0.2) is 16.1 Å². The summed E-state index contributed by atoms with van der Waals surface area (Å²) in [4.78, 5) is 10.6. The maximum absolute atomic E-state index is 13.4. The molecule has 0 amide bonds. The highest BCUT2D eigenvalue weighted by Crippen LogP contribution is 2.37. The average molecular weight is 295 g/mol. The van der Waals surface area contributed by atoms with Gasteiger partial charge in [0.2, 0.25) is 0 Å². The number of nitro benzene ring substituents is 1. The molecule has 0 spiro atoms. The minimum Gasteiger partial charge on any atom is -0.393 e. The lowest BCUT2D eigenvalue weighted by Crippen LogP contribution is -2.32. The summed E-state index contributed by atoms with van der Waals surface area (Å²) < 4.78 is 13.4. The van der Waals surface area contributed by atoms with Gasteiger partial charge in [0, 0.05) is 11.6 Å². The summed E-state index contributed by atoms with van der Waals surface area (Å²) in [6.07, 6.45) is 2.45. The van der Waals surface area contributed by atoms with Gasteiger partial charge in [-0.25, -0.2) is 4.39 Å². The number of benzene rings is 1. The standard InChI is InChI=1S/C16H22FNO3/c1-10(2)11-3-6-16(19)13(7-11)8-12-9-14(17)4-5-15(12)18(20)21/h4-5,9-11,13,16,19H,3,6-8H2,1-2H3. The molecule has 1 aromatic carbocycles. The second kappa shape index (κ2) is 6.52. The van der Waals surface area contributed by atoms with Crippen molar-refractivity contribution in [3.05, 3.63) is 39.7 Å². The van der Waals surface area contributed by atoms with E-state index in [0.717, 1.165) is 25.3 Å². The number of rotatable bonds is 4. The van der Waals surface area contributed by atoms with Gasteiger partial charge < -0.3 is 5.11 Å². The van der Waals surface area contributed by atoms with Crippen molar-refractivity contribution in [1.29, 1.82) is 0 Å². The van der Waals surface area contributed by atoms with Gasteiger partial charge in [-0.1, -0.05) is 13.8 Å². The molecule has 0 saturated heterocycles. The monoisotopic (exact) mass is 295 g/mol. The fourth-order valence-corrected chi connectivity index (χ4v) is 3.29. The van der Waals surface area contributed by atoms with Gasteiger partial charge in [0.05, 0.1) is 11.0 Å². The van der Waals surface area contributed by atoms with Gasteiger partial charge in [-0.05, 0) is 55.6 Å². The third kappa shape index (κ3) is 3.79. The zero-order valence-electron chi connectivity index (χ0n) is 12.5. The van der Waals surface area contributed by atoms with Crippen molar-refractivity contribution in [2.45, 2.75) is 45.6 Å². The van der Waals surface area contributed by atoms with Gasteiger partial charge >= 0.3 is 0 Å². The molecular formula is C16H22FNO3. The summed E-state index contributed by atoms with van der Waals surface area (Å²) in [6.45, 7) is 4.31. The lowest BCUT2D eigenvalue weighted by atomic mass is 9.73. The molecule has 0 heterocycles. The molecular weight excluding hydrogens is 273 g/mol. The maximum Gasteiger partial charge on any atom is 0.272 e. The zero-order valence-corrected chi connectivity index (χ0v) is 12.5. The van der Waals surface area contributed by atoms with E-state index in [1.54, 1.807) is 0 Å². The molecule has 0 bridgehead atoms. The first-order valence-electron chi connectivity index (χ1n) is 7.49. The molecule has 116 valence electrons. The number of hydrogen-bond acceptors (Lipinski definition) is 3. The lowest BCUT2D eigenvalue weighted by molar-refractivity contribution is -0.385. The smallest absolute Gasteiger partial charge is 0.272 e. The molecule has 4 nitrogen and oxygen atoms in total. The Bertz CT molecular complexity index is 518. The van der Waals surface area contributed by atoms with Crippen molar-refractivity contribution >= 4 is 5.69 Å². The second-order valence-corrected chi connectivity index (χ2v) is 6.38. The molecule has 0 aliphatic heterocycles. The molecule has 21 heavy (non-hydrogen) atoms. The van der Waals surface area contributed by atoms with Crippen LogP contribution in [0.4, 0.5) is 10.1 Å². The molecule has 5 heteroatoms. The van der Waals surface area contributed by atoms with Crippen LogP contribution >= 0.6 is 0 Å². The predicted octanol–water partition coefficient (Wildman–Crippen LogP) is 3.71. The summed E-state index contributed by atoms with van der Waals surface area (Å²) in [5, 5.41) is 21.2. The molecule has 3 unspecified atom stereocenters. The summed E-state index contributed by atoms with van der Waals surface area (Å²) in [7, 11) is 0. The van der Waals surface area contributed by atoms with Gasteiger partial charge in [0.1, 0.15) is 5.82 Å². The molecule has 2 rings (SSSR count). The third-order valence-corrected chi connectivity index (χ3v) is 4.65. The van der Waals surface area contributed by atoms with Crippen molar-refractivity contribution in [2.24, 2.45) is 17.8 Å². The number of hydrogen-bond donors (Lipinski definition) is 1. The summed E-state index contributed by atoms with van der Waals surface area (Å²) >= 11 is 0. The molecule has 0 aromatic heterocycles. The van der Waals surface area contributed by atoms with Gasteiger partial charge in [-0.2, -0.15) is 0 Å². The van der Waals surface area contributed by atoms with Crippen LogP contribution < -0.4 is 0 Å². The van der Waals surface area contributed by atoms with E-state index in [1.165, 1.54) is 12.1 Å². The number of nitrogens with zero attached hydrogens (tertiary/aromatic N) is 1. The van der Waals surface area contributed by atoms with Gasteiger partial charge in [-0.15, -0.1) is 0 Å². The molecule has 3 atom stereocenters. The Hall–Kier alpha value is -1.49. The van der Waals surface area contributed by atoms with Crippen LogP contribution in [-0.2, 0) is 6.42 Å². The lowest BCUT2D eigenvalue weighted by Gasteiger charge is -2.35. The van der Waals surface area contributed by atoms with Crippen molar-refractivity contribution in [3.8, 4) is 0 Å². The highest BCUT2D eigenvalue weighted by atomic mass is 19.1. The Morgan fingerprint density at radius 1 is 1.43 bits per heavy atom. The topological polar surface area (TPSA) is 63.4 Å². The van der Waals surface area contributed by atoms with E-state index in [2.05, 4.69) is 13.8 Å². The normalized spacial score (nSPS) is 26.0. The van der Waals surface area contributed by atoms with Crippen LogP contribution in [0.1, 0.15) is 38.7 Å². The van der Waals surface area contributed by atoms with E-state index in [9.17, 15) is 19.6 Å². The van der Waals surface area contributed by atoms with Gasteiger partial charge in [-0.3, -0.25) is 10.1 Å². The van der Waals surface area contributed by atoms with Gasteiger partial charge in [0.15, 0.2) is 0 Å². The first kappa shape index (κ1) is 15.9. The number of aliphatic hydroxyl groups excluding tert-OH is 1. The van der Waals surface area contributed by atoms with Crippen LogP contribution in [0.5, 0.6) is 0 Å². The summed E-state index contributed by atoms with van der Waals surface area (Å²) in [5.74, 6) is 0.543. The van der Waals surface area contributed by atoms with Crippen molar-refractivity contribution in [3.63, 3.8) is 0 Å². The second-order valence-electron chi connectivity index (χ2n) is 6.38. The molecule has 0 radical (unpaired) electrons. The number of halogens is 1. The van der Waals surface area contributed by atoms with Crippen LogP contribution in [0.15, 0.2) is 18.2 Å². The van der Waals surface area contributed by atoms with E-state index in [4.69, 9.17) is 0 Å². The highest BCUT2D eigenvalue weighted by Gasteiger charge is 2.32. The van der Waals surface area contributed by atoms with E-state index in [-0.39, 0.29) is 11.6 Å². The number of aliphatic hydroxyl groups is 1. The molecule has 1 saturated carbocycles. The Morgan fingerprint density at radius 3 is 2.76 bits per heavy atom. The van der Waals surface area contributed by atoms with Crippen LogP contribution in [0.2, 0.25) is 0 Å². The summed E-state index contributed by atoms with van der Waals surface area (Å²) in [6, 6.07) is 3.54. The van der Waals surface area contributed by atoms with Gasteiger partial charge in [0.25, 0.3) is 5.69 Å². The Kier molecular flexibility index (Phi) is 4.93. The highest BCUT2D eigenvalue weighted by molar-refractivity contribution is 5.40. The molecule has 1 N–H and O–H groups in total. The Balaban J connectivity index is 2.19. The van der Waals surface area contributed by atoms with Crippen molar-refractivity contribution in [1.82, 2.24) is 0 Å². The Labute approximate surface area is 124 Å². The largest absolute Gasteiger partial charge is 0.393 e. The quantitative estimate of drug-likeness (QED) is 0.680. The van der Waals surface area contributed by atoms with Crippen molar-refractivity contribution in [2.75, 3.05) is 0 Å². The average Bonchev–Trinajstić information content (AvgIpc) is 2.40. The third-order valence-electron chi connectivity index (χ3n) is 4.65. The predicted molar refractivity (Wildman–Crippen MR) is 78.4 cm³/mol. The molecule has 1 aliphatic carbocycles. The van der Waals surface area contributed by atoms with E-state index < -0.39 is 16.8 Å². The van der Waals surface area contributed by atoms with Crippen LogP contribution in [0, 0.1) is 33.7 Å². The summed E-state index contributed by atoms with van der Waals surface area (Å²) in [5.41, 5.74) is 0.323. The SMILES string of the molecule is CC(C)C1CCC(O)C(Cc2cc(F)ccc2[N+](=O)[O-])C1. The van der Waals surface area contributed by atoms with E-state index >= 15 is 0 Å². The van der Waals surface area contributed by atoms with Crippen molar-refractivity contribution < 1.29 is 14.4 Å². The number of nitro groups is 1. The zero-order chi connectivity index (χ0) is 15.6. The fraction of sp³-hybridized carbons (Fsp3) is 0.625. The first-order valence-corrected chi connectivity index (χ1v) is 7.49. The minimum atomic E-state index is -0.482.